The summed E-state index contributed by atoms with van der Waals surface area (Å²) in [6.07, 6.45) is 6.51. The highest BCUT2D eigenvalue weighted by atomic mass is 16.1. The molecule has 100 valence electrons. The molecule has 1 rings (SSSR count). The average Bonchev–Trinajstić information content (AvgIpc) is 2.36. The largest absolute Gasteiger partial charge is 0.399 e. The van der Waals surface area contributed by atoms with Gasteiger partial charge in [0, 0.05) is 18.7 Å². The molecular weight excluding hydrogens is 224 g/mol. The molecule has 0 atom stereocenters. The van der Waals surface area contributed by atoms with Gasteiger partial charge in [0.1, 0.15) is 0 Å². The Morgan fingerprint density at radius 1 is 1.22 bits per heavy atom. The fraction of sp³-hybridized carbons (Fsp3) is 0.533. The van der Waals surface area contributed by atoms with Crippen molar-refractivity contribution in [3.8, 4) is 0 Å². The molecule has 0 radical (unpaired) electrons. The molecule has 0 spiro atoms. The third-order valence-electron chi connectivity index (χ3n) is 2.95. The molecule has 0 aliphatic rings. The minimum atomic E-state index is 0.133. The number of rotatable bonds is 8. The lowest BCUT2D eigenvalue weighted by molar-refractivity contribution is -0.121. The highest BCUT2D eigenvalue weighted by Crippen LogP contribution is 2.07. The lowest BCUT2D eigenvalue weighted by atomic mass is 10.1. The van der Waals surface area contributed by atoms with Gasteiger partial charge in [0.25, 0.3) is 0 Å². The van der Waals surface area contributed by atoms with Gasteiger partial charge in [-0.3, -0.25) is 4.79 Å². The number of hydrogen-bond donors (Lipinski definition) is 2. The molecule has 1 aromatic rings. The number of benzene rings is 1. The summed E-state index contributed by atoms with van der Waals surface area (Å²) in [6, 6.07) is 7.61. The van der Waals surface area contributed by atoms with E-state index < -0.39 is 0 Å². The van der Waals surface area contributed by atoms with Crippen LogP contribution in [0.25, 0.3) is 0 Å². The number of hydrogen-bond acceptors (Lipinski definition) is 2. The van der Waals surface area contributed by atoms with Crippen molar-refractivity contribution in [2.75, 3.05) is 5.73 Å². The average molecular weight is 248 g/mol. The van der Waals surface area contributed by atoms with Crippen LogP contribution in [0.2, 0.25) is 0 Å². The molecule has 18 heavy (non-hydrogen) atoms. The molecular formula is C15H24N2O. The number of nitrogens with one attached hydrogen (secondary N) is 1. The second-order valence-electron chi connectivity index (χ2n) is 4.69. The van der Waals surface area contributed by atoms with Crippen LogP contribution in [0.3, 0.4) is 0 Å². The maximum absolute atomic E-state index is 11.6. The molecule has 1 aromatic carbocycles. The van der Waals surface area contributed by atoms with Crippen LogP contribution in [0.1, 0.15) is 51.0 Å². The van der Waals surface area contributed by atoms with E-state index in [0.717, 1.165) is 24.1 Å². The Bertz CT molecular complexity index is 363. The number of unbranched alkanes of at least 4 members (excludes halogenated alkanes) is 4. The Morgan fingerprint density at radius 3 is 2.72 bits per heavy atom. The summed E-state index contributed by atoms with van der Waals surface area (Å²) in [5.41, 5.74) is 7.47. The van der Waals surface area contributed by atoms with Crippen LogP contribution < -0.4 is 11.1 Å². The Kier molecular flexibility index (Phi) is 6.92. The molecule has 0 aliphatic heterocycles. The third kappa shape index (κ3) is 6.28. The van der Waals surface area contributed by atoms with Gasteiger partial charge in [-0.1, -0.05) is 44.7 Å². The molecule has 0 aromatic heterocycles. The molecule has 0 saturated heterocycles. The Balaban J connectivity index is 2.13. The van der Waals surface area contributed by atoms with Gasteiger partial charge >= 0.3 is 0 Å². The van der Waals surface area contributed by atoms with Crippen LogP contribution in [-0.2, 0) is 11.3 Å². The van der Waals surface area contributed by atoms with Gasteiger partial charge in [-0.2, -0.15) is 0 Å². The van der Waals surface area contributed by atoms with Gasteiger partial charge in [-0.05, 0) is 24.1 Å². The van der Waals surface area contributed by atoms with E-state index in [0.29, 0.717) is 13.0 Å². The summed E-state index contributed by atoms with van der Waals surface area (Å²) in [7, 11) is 0. The molecule has 0 bridgehead atoms. The van der Waals surface area contributed by atoms with Crippen molar-refractivity contribution < 1.29 is 4.79 Å². The summed E-state index contributed by atoms with van der Waals surface area (Å²) in [4.78, 5) is 11.6. The van der Waals surface area contributed by atoms with Crippen molar-refractivity contribution in [2.24, 2.45) is 0 Å². The van der Waals surface area contributed by atoms with E-state index in [9.17, 15) is 4.79 Å². The monoisotopic (exact) mass is 248 g/mol. The zero-order chi connectivity index (χ0) is 13.2. The van der Waals surface area contributed by atoms with Gasteiger partial charge in [0.2, 0.25) is 5.91 Å². The molecule has 0 heterocycles. The van der Waals surface area contributed by atoms with E-state index in [1.54, 1.807) is 0 Å². The number of carbonyl (C=O) groups is 1. The normalized spacial score (nSPS) is 10.3. The van der Waals surface area contributed by atoms with Crippen LogP contribution >= 0.6 is 0 Å². The van der Waals surface area contributed by atoms with Crippen molar-refractivity contribution in [2.45, 2.75) is 52.0 Å². The van der Waals surface area contributed by atoms with Gasteiger partial charge in [0.05, 0.1) is 0 Å². The highest BCUT2D eigenvalue weighted by molar-refractivity contribution is 5.75. The van der Waals surface area contributed by atoms with Gasteiger partial charge in [-0.15, -0.1) is 0 Å². The molecule has 1 amide bonds. The zero-order valence-electron chi connectivity index (χ0n) is 11.2. The van der Waals surface area contributed by atoms with Crippen molar-refractivity contribution >= 4 is 11.6 Å². The first-order chi connectivity index (χ1) is 8.72. The Morgan fingerprint density at radius 2 is 2.00 bits per heavy atom. The first-order valence-electron chi connectivity index (χ1n) is 6.83. The fourth-order valence-electron chi connectivity index (χ4n) is 1.88. The predicted octanol–water partition coefficient (Wildman–Crippen LogP) is 3.25. The summed E-state index contributed by atoms with van der Waals surface area (Å²) >= 11 is 0. The van der Waals surface area contributed by atoms with Crippen LogP contribution in [0, 0.1) is 0 Å². The quantitative estimate of drug-likeness (QED) is 0.548. The van der Waals surface area contributed by atoms with Crippen molar-refractivity contribution in [3.05, 3.63) is 29.8 Å². The predicted molar refractivity (Wildman–Crippen MR) is 76.1 cm³/mol. The van der Waals surface area contributed by atoms with Crippen LogP contribution in [0.15, 0.2) is 24.3 Å². The number of nitrogens with two attached hydrogens (primary N) is 1. The van der Waals surface area contributed by atoms with Gasteiger partial charge in [0.15, 0.2) is 0 Å². The summed E-state index contributed by atoms with van der Waals surface area (Å²) < 4.78 is 0. The molecule has 3 N–H and O–H groups in total. The van der Waals surface area contributed by atoms with E-state index in [-0.39, 0.29) is 5.91 Å². The second-order valence-corrected chi connectivity index (χ2v) is 4.69. The molecule has 0 aliphatic carbocycles. The van der Waals surface area contributed by atoms with E-state index in [2.05, 4.69) is 12.2 Å². The van der Waals surface area contributed by atoms with E-state index >= 15 is 0 Å². The van der Waals surface area contributed by atoms with Crippen LogP contribution in [-0.4, -0.2) is 5.91 Å². The zero-order valence-corrected chi connectivity index (χ0v) is 11.2. The third-order valence-corrected chi connectivity index (χ3v) is 2.95. The second kappa shape index (κ2) is 8.56. The van der Waals surface area contributed by atoms with Crippen LogP contribution in [0.5, 0.6) is 0 Å². The minimum Gasteiger partial charge on any atom is -0.399 e. The highest BCUT2D eigenvalue weighted by Gasteiger charge is 2.01. The number of anilines is 1. The van der Waals surface area contributed by atoms with E-state index in [1.807, 2.05) is 24.3 Å². The van der Waals surface area contributed by atoms with Crippen molar-refractivity contribution in [3.63, 3.8) is 0 Å². The Hall–Kier alpha value is -1.51. The van der Waals surface area contributed by atoms with Crippen molar-refractivity contribution in [1.82, 2.24) is 5.32 Å². The summed E-state index contributed by atoms with van der Waals surface area (Å²) in [5, 5.41) is 2.92. The molecule has 3 heteroatoms. The van der Waals surface area contributed by atoms with Gasteiger partial charge < -0.3 is 11.1 Å². The summed E-state index contributed by atoms with van der Waals surface area (Å²) in [6.45, 7) is 2.76. The minimum absolute atomic E-state index is 0.133. The SMILES string of the molecule is CCCCCCCC(=O)NCc1cccc(N)c1. The lowest BCUT2D eigenvalue weighted by Crippen LogP contribution is -2.22. The first-order valence-corrected chi connectivity index (χ1v) is 6.83. The number of nitrogen functional groups attached to an aromatic ring is 1. The number of amides is 1. The van der Waals surface area contributed by atoms with E-state index in [4.69, 9.17) is 5.73 Å². The van der Waals surface area contributed by atoms with Crippen LogP contribution in [0.4, 0.5) is 5.69 Å². The van der Waals surface area contributed by atoms with Crippen molar-refractivity contribution in [1.29, 1.82) is 0 Å². The summed E-state index contributed by atoms with van der Waals surface area (Å²) in [5.74, 6) is 0.133. The maximum Gasteiger partial charge on any atom is 0.220 e. The molecule has 0 unspecified atom stereocenters. The first kappa shape index (κ1) is 14.6. The molecule has 0 fully saturated rings. The Labute approximate surface area is 110 Å². The molecule has 0 saturated carbocycles. The number of carbonyl (C=O) groups excluding carboxylic acids is 1. The standard InChI is InChI=1S/C15H24N2O/c1-2-3-4-5-6-10-15(18)17-12-13-8-7-9-14(16)11-13/h7-9,11H,2-6,10,12,16H2,1H3,(H,17,18). The van der Waals surface area contributed by atoms with Gasteiger partial charge in [-0.25, -0.2) is 0 Å². The topological polar surface area (TPSA) is 55.1 Å². The molecule has 3 nitrogen and oxygen atoms in total. The maximum atomic E-state index is 11.6. The van der Waals surface area contributed by atoms with E-state index in [1.165, 1.54) is 19.3 Å². The fourth-order valence-corrected chi connectivity index (χ4v) is 1.88. The lowest BCUT2D eigenvalue weighted by Gasteiger charge is -2.06. The smallest absolute Gasteiger partial charge is 0.220 e.